The highest BCUT2D eigenvalue weighted by molar-refractivity contribution is 7.87. The number of benzene rings is 3. The van der Waals surface area contributed by atoms with E-state index in [1.165, 1.54) is 24.3 Å². The molecule has 0 heterocycles. The fourth-order valence-electron chi connectivity index (χ4n) is 2.52. The van der Waals surface area contributed by atoms with Crippen molar-refractivity contribution in [1.29, 1.82) is 0 Å². The normalized spacial score (nSPS) is 11.1. The van der Waals surface area contributed by atoms with E-state index in [-0.39, 0.29) is 27.7 Å². The maximum absolute atomic E-state index is 13.4. The van der Waals surface area contributed by atoms with Crippen molar-refractivity contribution in [2.75, 3.05) is 7.11 Å². The molecule has 0 aliphatic rings. The maximum Gasteiger partial charge on any atom is 0.339 e. The van der Waals surface area contributed by atoms with Crippen LogP contribution in [0.3, 0.4) is 0 Å². The predicted octanol–water partition coefficient (Wildman–Crippen LogP) is 4.62. The van der Waals surface area contributed by atoms with Gasteiger partial charge in [-0.15, -0.1) is 0 Å². The number of esters is 1. The zero-order valence-electron chi connectivity index (χ0n) is 15.9. The van der Waals surface area contributed by atoms with E-state index in [0.717, 1.165) is 30.9 Å². The molecule has 0 amide bonds. The molecule has 9 heteroatoms. The smallest absolute Gasteiger partial charge is 0.339 e. The summed E-state index contributed by atoms with van der Waals surface area (Å²) in [6.45, 7) is 1.80. The van der Waals surface area contributed by atoms with Gasteiger partial charge in [0.15, 0.2) is 0 Å². The van der Waals surface area contributed by atoms with Crippen LogP contribution in [-0.2, 0) is 14.9 Å². The molecule has 0 fully saturated rings. The summed E-state index contributed by atoms with van der Waals surface area (Å²) in [5, 5.41) is 0. The van der Waals surface area contributed by atoms with Crippen molar-refractivity contribution in [3.63, 3.8) is 0 Å². The van der Waals surface area contributed by atoms with E-state index in [4.69, 9.17) is 8.92 Å². The Labute approximate surface area is 171 Å². The van der Waals surface area contributed by atoms with Gasteiger partial charge in [-0.25, -0.2) is 13.6 Å². The summed E-state index contributed by atoms with van der Waals surface area (Å²) in [5.41, 5.74) is 0.778. The highest BCUT2D eigenvalue weighted by atomic mass is 32.2. The van der Waals surface area contributed by atoms with Crippen LogP contribution in [0.4, 0.5) is 8.78 Å². The van der Waals surface area contributed by atoms with Gasteiger partial charge in [0.25, 0.3) is 0 Å². The SMILES string of the molecule is COC(=O)c1cc(Oc2cc(F)cc(F)c2)cc(OS(=O)(=O)c2ccc(C)cc2)c1. The van der Waals surface area contributed by atoms with Gasteiger partial charge in [-0.3, -0.25) is 0 Å². The Morgan fingerprint density at radius 2 is 1.40 bits per heavy atom. The van der Waals surface area contributed by atoms with E-state index in [9.17, 15) is 22.0 Å². The lowest BCUT2D eigenvalue weighted by atomic mass is 10.2. The molecule has 0 N–H and O–H groups in total. The van der Waals surface area contributed by atoms with E-state index < -0.39 is 27.7 Å². The molecule has 0 unspecified atom stereocenters. The quantitative estimate of drug-likeness (QED) is 0.416. The van der Waals surface area contributed by atoms with Crippen molar-refractivity contribution in [3.8, 4) is 17.2 Å². The highest BCUT2D eigenvalue weighted by Gasteiger charge is 2.19. The molecule has 0 saturated heterocycles. The molecule has 156 valence electrons. The first kappa shape index (κ1) is 21.3. The Morgan fingerprint density at radius 3 is 2.00 bits per heavy atom. The lowest BCUT2D eigenvalue weighted by molar-refractivity contribution is 0.0600. The van der Waals surface area contributed by atoms with Crippen molar-refractivity contribution in [1.82, 2.24) is 0 Å². The van der Waals surface area contributed by atoms with Crippen LogP contribution in [0.5, 0.6) is 17.2 Å². The zero-order chi connectivity index (χ0) is 21.9. The minimum atomic E-state index is -4.21. The van der Waals surface area contributed by atoms with Crippen molar-refractivity contribution in [2.24, 2.45) is 0 Å². The number of rotatable bonds is 6. The van der Waals surface area contributed by atoms with Gasteiger partial charge < -0.3 is 13.7 Å². The molecule has 0 aromatic heterocycles. The topological polar surface area (TPSA) is 78.9 Å². The lowest BCUT2D eigenvalue weighted by Crippen LogP contribution is -2.11. The number of aryl methyl sites for hydroxylation is 1. The standard InChI is InChI=1S/C21H16F2O6S/c1-13-3-5-20(6-4-13)30(25,26)29-19-8-14(21(24)27-2)7-17(12-19)28-18-10-15(22)9-16(23)11-18/h3-12H,1-2H3. The molecule has 0 spiro atoms. The Bertz CT molecular complexity index is 1170. The number of carbonyl (C=O) groups excluding carboxylic acids is 1. The summed E-state index contributed by atoms with van der Waals surface area (Å²) in [7, 11) is -3.07. The molecule has 0 bridgehead atoms. The molecular weight excluding hydrogens is 418 g/mol. The third kappa shape index (κ3) is 5.12. The van der Waals surface area contributed by atoms with E-state index in [1.54, 1.807) is 19.1 Å². The van der Waals surface area contributed by atoms with Gasteiger partial charge in [-0.05, 0) is 31.2 Å². The summed E-state index contributed by atoms with van der Waals surface area (Å²) in [5.74, 6) is -3.05. The van der Waals surface area contributed by atoms with E-state index >= 15 is 0 Å². The van der Waals surface area contributed by atoms with Gasteiger partial charge >= 0.3 is 16.1 Å². The van der Waals surface area contributed by atoms with Gasteiger partial charge in [-0.1, -0.05) is 17.7 Å². The third-order valence-electron chi connectivity index (χ3n) is 3.89. The van der Waals surface area contributed by atoms with Crippen molar-refractivity contribution in [2.45, 2.75) is 11.8 Å². The van der Waals surface area contributed by atoms with Gasteiger partial charge in [-0.2, -0.15) is 8.42 Å². The summed E-state index contributed by atoms with van der Waals surface area (Å²) in [6.07, 6.45) is 0. The van der Waals surface area contributed by atoms with Crippen LogP contribution in [0, 0.1) is 18.6 Å². The molecule has 0 saturated carbocycles. The monoisotopic (exact) mass is 434 g/mol. The fourth-order valence-corrected chi connectivity index (χ4v) is 3.43. The molecule has 0 aliphatic carbocycles. The second kappa shape index (κ2) is 8.50. The molecule has 0 radical (unpaired) electrons. The number of ether oxygens (including phenoxy) is 2. The van der Waals surface area contributed by atoms with Gasteiger partial charge in [0.1, 0.15) is 33.8 Å². The number of hydrogen-bond acceptors (Lipinski definition) is 6. The molecule has 0 aliphatic heterocycles. The van der Waals surface area contributed by atoms with Gasteiger partial charge in [0, 0.05) is 24.3 Å². The van der Waals surface area contributed by atoms with Gasteiger partial charge in [0.2, 0.25) is 0 Å². The van der Waals surface area contributed by atoms with Gasteiger partial charge in [0.05, 0.1) is 12.7 Å². The van der Waals surface area contributed by atoms with E-state index in [1.807, 2.05) is 0 Å². The number of hydrogen-bond donors (Lipinski definition) is 0. The number of carbonyl (C=O) groups is 1. The number of methoxy groups -OCH3 is 1. The lowest BCUT2D eigenvalue weighted by Gasteiger charge is -2.12. The Morgan fingerprint density at radius 1 is 0.833 bits per heavy atom. The van der Waals surface area contributed by atoms with Crippen LogP contribution in [0.15, 0.2) is 65.6 Å². The largest absolute Gasteiger partial charge is 0.465 e. The first-order valence-corrected chi connectivity index (χ1v) is 9.95. The van der Waals surface area contributed by atoms with Crippen LogP contribution in [0.1, 0.15) is 15.9 Å². The first-order chi connectivity index (χ1) is 14.2. The maximum atomic E-state index is 13.4. The fraction of sp³-hybridized carbons (Fsp3) is 0.0952. The van der Waals surface area contributed by atoms with Crippen LogP contribution in [0.2, 0.25) is 0 Å². The number of halogens is 2. The van der Waals surface area contributed by atoms with Crippen LogP contribution in [0.25, 0.3) is 0 Å². The van der Waals surface area contributed by atoms with Crippen molar-refractivity contribution >= 4 is 16.1 Å². The molecule has 3 aromatic rings. The Hall–Kier alpha value is -3.46. The second-order valence-electron chi connectivity index (χ2n) is 6.24. The summed E-state index contributed by atoms with van der Waals surface area (Å²) in [6, 6.07) is 12.0. The van der Waals surface area contributed by atoms with Crippen molar-refractivity contribution in [3.05, 3.63) is 83.4 Å². The molecule has 6 nitrogen and oxygen atoms in total. The molecule has 0 atom stereocenters. The zero-order valence-corrected chi connectivity index (χ0v) is 16.7. The van der Waals surface area contributed by atoms with Crippen LogP contribution in [-0.4, -0.2) is 21.5 Å². The molecule has 3 rings (SSSR count). The van der Waals surface area contributed by atoms with Crippen LogP contribution >= 0.6 is 0 Å². The Kier molecular flexibility index (Phi) is 6.02. The predicted molar refractivity (Wildman–Crippen MR) is 103 cm³/mol. The second-order valence-corrected chi connectivity index (χ2v) is 7.79. The average Bonchev–Trinajstić information content (AvgIpc) is 2.66. The third-order valence-corrected chi connectivity index (χ3v) is 5.15. The minimum Gasteiger partial charge on any atom is -0.465 e. The molecule has 3 aromatic carbocycles. The average molecular weight is 434 g/mol. The summed E-state index contributed by atoms with van der Waals surface area (Å²) >= 11 is 0. The first-order valence-electron chi connectivity index (χ1n) is 8.55. The van der Waals surface area contributed by atoms with Crippen molar-refractivity contribution < 1.29 is 35.6 Å². The summed E-state index contributed by atoms with van der Waals surface area (Å²) < 4.78 is 67.1. The van der Waals surface area contributed by atoms with E-state index in [0.29, 0.717) is 6.07 Å². The van der Waals surface area contributed by atoms with Crippen LogP contribution < -0.4 is 8.92 Å². The van der Waals surface area contributed by atoms with E-state index in [2.05, 4.69) is 4.74 Å². The highest BCUT2D eigenvalue weighted by Crippen LogP contribution is 2.30. The molecular formula is C21H16F2O6S. The molecule has 30 heavy (non-hydrogen) atoms. The summed E-state index contributed by atoms with van der Waals surface area (Å²) in [4.78, 5) is 11.9. The Balaban J connectivity index is 1.98. The minimum absolute atomic E-state index is 0.0824.